The average Bonchev–Trinajstić information content (AvgIpc) is 2.23. The molecule has 0 amide bonds. The zero-order valence-electron chi connectivity index (χ0n) is 9.75. The van der Waals surface area contributed by atoms with E-state index in [4.69, 9.17) is 5.73 Å². The summed E-state index contributed by atoms with van der Waals surface area (Å²) < 4.78 is 0. The molecule has 0 aromatic heterocycles. The van der Waals surface area contributed by atoms with E-state index in [0.29, 0.717) is 0 Å². The van der Waals surface area contributed by atoms with Crippen LogP contribution in [0.1, 0.15) is 30.4 Å². The van der Waals surface area contributed by atoms with Crippen LogP contribution in [0.15, 0.2) is 23.1 Å². The van der Waals surface area contributed by atoms with E-state index in [0.717, 1.165) is 13.0 Å². The average molecular weight is 223 g/mol. The Morgan fingerprint density at radius 2 is 1.93 bits per heavy atom. The molecular weight excluding hydrogens is 202 g/mol. The molecule has 0 unspecified atom stereocenters. The predicted octanol–water partition coefficient (Wildman–Crippen LogP) is 3.52. The minimum absolute atomic E-state index is 0.828. The van der Waals surface area contributed by atoms with E-state index in [1.165, 1.54) is 34.6 Å². The smallest absolute Gasteiger partial charge is 0.0104 e. The fourth-order valence-electron chi connectivity index (χ4n) is 1.47. The molecule has 0 heterocycles. The molecule has 0 bridgehead atoms. The van der Waals surface area contributed by atoms with E-state index in [-0.39, 0.29) is 0 Å². The summed E-state index contributed by atoms with van der Waals surface area (Å²) in [4.78, 5) is 1.43. The van der Waals surface area contributed by atoms with Gasteiger partial charge in [-0.1, -0.05) is 24.1 Å². The maximum absolute atomic E-state index is 5.46. The van der Waals surface area contributed by atoms with E-state index in [1.807, 2.05) is 11.8 Å². The van der Waals surface area contributed by atoms with Gasteiger partial charge in [0.2, 0.25) is 0 Å². The standard InChI is InChI=1S/C13H21NS/c1-11-6-7-12(2)13(10-11)15-9-5-3-4-8-14/h6-7,10H,3-5,8-9,14H2,1-2H3. The van der Waals surface area contributed by atoms with Crippen molar-refractivity contribution in [3.8, 4) is 0 Å². The van der Waals surface area contributed by atoms with Crippen LogP contribution in [0.4, 0.5) is 0 Å². The van der Waals surface area contributed by atoms with Crippen molar-refractivity contribution in [2.45, 2.75) is 38.0 Å². The second kappa shape index (κ2) is 6.91. The van der Waals surface area contributed by atoms with Crippen LogP contribution in [-0.4, -0.2) is 12.3 Å². The lowest BCUT2D eigenvalue weighted by Crippen LogP contribution is -1.98. The second-order valence-corrected chi connectivity index (χ2v) is 5.10. The summed E-state index contributed by atoms with van der Waals surface area (Å²) in [5, 5.41) is 0. The van der Waals surface area contributed by atoms with Crippen molar-refractivity contribution in [2.75, 3.05) is 12.3 Å². The third-order valence-electron chi connectivity index (χ3n) is 2.45. The van der Waals surface area contributed by atoms with Gasteiger partial charge in [-0.2, -0.15) is 0 Å². The van der Waals surface area contributed by atoms with Gasteiger partial charge in [-0.15, -0.1) is 11.8 Å². The van der Waals surface area contributed by atoms with Crippen molar-refractivity contribution in [3.05, 3.63) is 29.3 Å². The Balaban J connectivity index is 2.33. The van der Waals surface area contributed by atoms with E-state index < -0.39 is 0 Å². The third-order valence-corrected chi connectivity index (χ3v) is 3.69. The van der Waals surface area contributed by atoms with E-state index >= 15 is 0 Å². The van der Waals surface area contributed by atoms with Crippen molar-refractivity contribution >= 4 is 11.8 Å². The highest BCUT2D eigenvalue weighted by Crippen LogP contribution is 2.24. The highest BCUT2D eigenvalue weighted by Gasteiger charge is 1.99. The molecule has 0 atom stereocenters. The number of nitrogens with two attached hydrogens (primary N) is 1. The summed E-state index contributed by atoms with van der Waals surface area (Å²) in [6.45, 7) is 5.16. The summed E-state index contributed by atoms with van der Waals surface area (Å²) in [7, 11) is 0. The Bertz CT molecular complexity index is 297. The number of unbranched alkanes of at least 4 members (excludes halogenated alkanes) is 2. The molecule has 84 valence electrons. The van der Waals surface area contributed by atoms with Gasteiger partial charge in [-0.25, -0.2) is 0 Å². The molecule has 2 N–H and O–H groups in total. The Morgan fingerprint density at radius 1 is 1.13 bits per heavy atom. The topological polar surface area (TPSA) is 26.0 Å². The lowest BCUT2D eigenvalue weighted by atomic mass is 10.2. The fraction of sp³-hybridized carbons (Fsp3) is 0.538. The number of aryl methyl sites for hydroxylation is 2. The summed E-state index contributed by atoms with van der Waals surface area (Å²) in [5.74, 6) is 1.21. The highest BCUT2D eigenvalue weighted by molar-refractivity contribution is 7.99. The van der Waals surface area contributed by atoms with Gasteiger partial charge < -0.3 is 5.73 Å². The molecule has 0 saturated carbocycles. The van der Waals surface area contributed by atoms with Crippen LogP contribution in [0.25, 0.3) is 0 Å². The second-order valence-electron chi connectivity index (χ2n) is 3.97. The van der Waals surface area contributed by atoms with Crippen molar-refractivity contribution in [1.82, 2.24) is 0 Å². The third kappa shape index (κ3) is 4.72. The minimum atomic E-state index is 0.828. The molecule has 0 fully saturated rings. The minimum Gasteiger partial charge on any atom is -0.330 e. The molecule has 1 aromatic carbocycles. The van der Waals surface area contributed by atoms with Gasteiger partial charge >= 0.3 is 0 Å². The summed E-state index contributed by atoms with van der Waals surface area (Å²) in [6.07, 6.45) is 3.69. The molecule has 0 saturated heterocycles. The van der Waals surface area contributed by atoms with Crippen molar-refractivity contribution in [3.63, 3.8) is 0 Å². The first-order valence-electron chi connectivity index (χ1n) is 5.64. The highest BCUT2D eigenvalue weighted by atomic mass is 32.2. The molecule has 1 aromatic rings. The Labute approximate surface area is 97.4 Å². The predicted molar refractivity (Wildman–Crippen MR) is 69.5 cm³/mol. The van der Waals surface area contributed by atoms with Crippen LogP contribution in [0.2, 0.25) is 0 Å². The summed E-state index contributed by atoms with van der Waals surface area (Å²) >= 11 is 1.97. The monoisotopic (exact) mass is 223 g/mol. The van der Waals surface area contributed by atoms with Gasteiger partial charge in [-0.05, 0) is 50.6 Å². The zero-order valence-corrected chi connectivity index (χ0v) is 10.6. The Hall–Kier alpha value is -0.470. The SMILES string of the molecule is Cc1ccc(C)c(SCCCCCN)c1. The molecule has 0 aliphatic rings. The van der Waals surface area contributed by atoms with Crippen molar-refractivity contribution in [2.24, 2.45) is 5.73 Å². The molecule has 2 heteroatoms. The number of benzene rings is 1. The van der Waals surface area contributed by atoms with Crippen LogP contribution in [0.3, 0.4) is 0 Å². The number of thioether (sulfide) groups is 1. The van der Waals surface area contributed by atoms with Crippen LogP contribution in [-0.2, 0) is 0 Å². The number of hydrogen-bond acceptors (Lipinski definition) is 2. The molecule has 1 nitrogen and oxygen atoms in total. The van der Waals surface area contributed by atoms with Gasteiger partial charge in [0.25, 0.3) is 0 Å². The van der Waals surface area contributed by atoms with E-state index in [1.54, 1.807) is 0 Å². The molecule has 0 aliphatic carbocycles. The van der Waals surface area contributed by atoms with E-state index in [2.05, 4.69) is 32.0 Å². The Morgan fingerprint density at radius 3 is 2.67 bits per heavy atom. The van der Waals surface area contributed by atoms with Gasteiger partial charge in [0, 0.05) is 4.90 Å². The lowest BCUT2D eigenvalue weighted by Gasteiger charge is -2.06. The first-order chi connectivity index (χ1) is 7.24. The largest absolute Gasteiger partial charge is 0.330 e. The van der Waals surface area contributed by atoms with Crippen LogP contribution in [0, 0.1) is 13.8 Å². The molecule has 15 heavy (non-hydrogen) atoms. The number of hydrogen-bond donors (Lipinski definition) is 1. The summed E-state index contributed by atoms with van der Waals surface area (Å²) in [5.41, 5.74) is 8.20. The van der Waals surface area contributed by atoms with Crippen LogP contribution in [0.5, 0.6) is 0 Å². The molecule has 1 rings (SSSR count). The van der Waals surface area contributed by atoms with Crippen molar-refractivity contribution < 1.29 is 0 Å². The quantitative estimate of drug-likeness (QED) is 0.590. The maximum Gasteiger partial charge on any atom is 0.0104 e. The van der Waals surface area contributed by atoms with Crippen LogP contribution >= 0.6 is 11.8 Å². The molecule has 0 radical (unpaired) electrons. The first-order valence-corrected chi connectivity index (χ1v) is 6.62. The Kier molecular flexibility index (Phi) is 5.81. The van der Waals surface area contributed by atoms with E-state index in [9.17, 15) is 0 Å². The first kappa shape index (κ1) is 12.6. The normalized spacial score (nSPS) is 10.6. The molecule has 0 aliphatic heterocycles. The zero-order chi connectivity index (χ0) is 11.1. The number of rotatable bonds is 6. The van der Waals surface area contributed by atoms with Gasteiger partial charge in [0.05, 0.1) is 0 Å². The fourth-order valence-corrected chi connectivity index (χ4v) is 2.60. The van der Waals surface area contributed by atoms with Gasteiger partial charge in [0.15, 0.2) is 0 Å². The maximum atomic E-state index is 5.46. The molecule has 0 spiro atoms. The van der Waals surface area contributed by atoms with Crippen molar-refractivity contribution in [1.29, 1.82) is 0 Å². The van der Waals surface area contributed by atoms with Gasteiger partial charge in [-0.3, -0.25) is 0 Å². The van der Waals surface area contributed by atoms with Crippen LogP contribution < -0.4 is 5.73 Å². The summed E-state index contributed by atoms with van der Waals surface area (Å²) in [6, 6.07) is 6.66. The van der Waals surface area contributed by atoms with Gasteiger partial charge in [0.1, 0.15) is 0 Å². The molecular formula is C13H21NS. The lowest BCUT2D eigenvalue weighted by molar-refractivity contribution is 0.732.